The molecule has 0 radical (unpaired) electrons. The van der Waals surface area contributed by atoms with Crippen LogP contribution in [0.25, 0.3) is 0 Å². The van der Waals surface area contributed by atoms with Crippen molar-refractivity contribution in [1.82, 2.24) is 9.88 Å². The van der Waals surface area contributed by atoms with Crippen LogP contribution in [0.15, 0.2) is 60.8 Å². The van der Waals surface area contributed by atoms with Gasteiger partial charge in [-0.15, -0.1) is 0 Å². The smallest absolute Gasteiger partial charge is 0.253 e. The average Bonchev–Trinajstić information content (AvgIpc) is 2.83. The minimum absolute atomic E-state index is 0.0260. The number of carbonyl (C=O) groups is 1. The molecule has 0 bridgehead atoms. The van der Waals surface area contributed by atoms with E-state index < -0.39 is 0 Å². The van der Waals surface area contributed by atoms with Gasteiger partial charge >= 0.3 is 0 Å². The first-order valence-electron chi connectivity index (χ1n) is 11.4. The van der Waals surface area contributed by atoms with Crippen molar-refractivity contribution in [3.63, 3.8) is 0 Å². The van der Waals surface area contributed by atoms with Crippen LogP contribution >= 0.6 is 0 Å². The Morgan fingerprint density at radius 3 is 2.52 bits per heavy atom. The maximum Gasteiger partial charge on any atom is 0.253 e. The van der Waals surface area contributed by atoms with Gasteiger partial charge in [-0.2, -0.15) is 0 Å². The predicted molar refractivity (Wildman–Crippen MR) is 130 cm³/mol. The second-order valence-electron chi connectivity index (χ2n) is 8.75. The topological polar surface area (TPSA) is 63.7 Å². The second-order valence-corrected chi connectivity index (χ2v) is 8.75. The Hall–Kier alpha value is -3.38. The highest BCUT2D eigenvalue weighted by Crippen LogP contribution is 2.33. The molecule has 33 heavy (non-hydrogen) atoms. The number of aromatic nitrogens is 1. The molecule has 0 aliphatic carbocycles. The van der Waals surface area contributed by atoms with Crippen molar-refractivity contribution >= 4 is 17.4 Å². The SMILES string of the molecule is Cc1ccc(Nc2ccc(Oc3ccc(C(=O)N(C)C)cc3)c(CC3CCOCC3)c2)nc1. The van der Waals surface area contributed by atoms with E-state index in [1.807, 2.05) is 49.5 Å². The zero-order valence-corrected chi connectivity index (χ0v) is 19.5. The first kappa shape index (κ1) is 22.8. The molecule has 1 aliphatic heterocycles. The van der Waals surface area contributed by atoms with E-state index >= 15 is 0 Å². The van der Waals surface area contributed by atoms with Crippen LogP contribution in [0.3, 0.4) is 0 Å². The molecular weight excluding hydrogens is 414 g/mol. The molecule has 0 spiro atoms. The van der Waals surface area contributed by atoms with Gasteiger partial charge in [-0.1, -0.05) is 6.07 Å². The van der Waals surface area contributed by atoms with Gasteiger partial charge in [0.15, 0.2) is 0 Å². The number of ether oxygens (including phenoxy) is 2. The highest BCUT2D eigenvalue weighted by atomic mass is 16.5. The molecule has 1 N–H and O–H groups in total. The van der Waals surface area contributed by atoms with Crippen molar-refractivity contribution < 1.29 is 14.3 Å². The minimum Gasteiger partial charge on any atom is -0.457 e. The molecule has 0 atom stereocenters. The molecule has 1 aliphatic rings. The largest absolute Gasteiger partial charge is 0.457 e. The summed E-state index contributed by atoms with van der Waals surface area (Å²) in [7, 11) is 3.49. The van der Waals surface area contributed by atoms with Crippen molar-refractivity contribution in [2.45, 2.75) is 26.2 Å². The van der Waals surface area contributed by atoms with Gasteiger partial charge in [0, 0.05) is 44.8 Å². The van der Waals surface area contributed by atoms with Gasteiger partial charge in [0.1, 0.15) is 17.3 Å². The van der Waals surface area contributed by atoms with Crippen LogP contribution in [0.5, 0.6) is 11.5 Å². The Bertz CT molecular complexity index is 1070. The second kappa shape index (κ2) is 10.5. The number of nitrogens with zero attached hydrogens (tertiary/aromatic N) is 2. The quantitative estimate of drug-likeness (QED) is 0.513. The molecule has 6 nitrogen and oxygen atoms in total. The number of hydrogen-bond donors (Lipinski definition) is 1. The normalized spacial score (nSPS) is 14.0. The Morgan fingerprint density at radius 1 is 1.09 bits per heavy atom. The molecule has 1 saturated heterocycles. The fourth-order valence-corrected chi connectivity index (χ4v) is 3.92. The van der Waals surface area contributed by atoms with Crippen LogP contribution in [0, 0.1) is 12.8 Å². The van der Waals surface area contributed by atoms with E-state index in [0.717, 1.165) is 60.9 Å². The standard InChI is InChI=1S/C27H31N3O3/c1-19-4-11-26(28-18-19)29-23-7-10-25(22(17-23)16-20-12-14-32-15-13-20)33-24-8-5-21(6-9-24)27(31)30(2)3/h4-11,17-18,20H,12-16H2,1-3H3,(H,28,29). The molecule has 6 heteroatoms. The van der Waals surface area contributed by atoms with Crippen LogP contribution in [0.1, 0.15) is 34.3 Å². The fourth-order valence-electron chi connectivity index (χ4n) is 3.92. The van der Waals surface area contributed by atoms with Crippen LogP contribution in [-0.2, 0) is 11.2 Å². The van der Waals surface area contributed by atoms with Crippen LogP contribution in [-0.4, -0.2) is 43.1 Å². The highest BCUT2D eigenvalue weighted by Gasteiger charge is 2.18. The van der Waals surface area contributed by atoms with Gasteiger partial charge in [-0.25, -0.2) is 4.98 Å². The number of anilines is 2. The fraction of sp³-hybridized carbons (Fsp3) is 0.333. The number of aryl methyl sites for hydroxylation is 1. The van der Waals surface area contributed by atoms with Gasteiger partial charge < -0.3 is 19.7 Å². The first-order valence-corrected chi connectivity index (χ1v) is 11.4. The lowest BCUT2D eigenvalue weighted by Crippen LogP contribution is -2.21. The van der Waals surface area contributed by atoms with Gasteiger partial charge in [-0.05, 0) is 91.8 Å². The van der Waals surface area contributed by atoms with Crippen LogP contribution in [0.2, 0.25) is 0 Å². The molecule has 2 heterocycles. The molecule has 0 saturated carbocycles. The monoisotopic (exact) mass is 445 g/mol. The molecular formula is C27H31N3O3. The number of hydrogen-bond acceptors (Lipinski definition) is 5. The Balaban J connectivity index is 1.56. The third kappa shape index (κ3) is 6.11. The highest BCUT2D eigenvalue weighted by molar-refractivity contribution is 5.93. The van der Waals surface area contributed by atoms with Gasteiger partial charge in [0.25, 0.3) is 5.91 Å². The van der Waals surface area contributed by atoms with E-state index in [4.69, 9.17) is 9.47 Å². The summed E-state index contributed by atoms with van der Waals surface area (Å²) in [6.07, 6.45) is 4.89. The number of carbonyl (C=O) groups excluding carboxylic acids is 1. The number of pyridine rings is 1. The summed E-state index contributed by atoms with van der Waals surface area (Å²) < 4.78 is 11.8. The van der Waals surface area contributed by atoms with Crippen LogP contribution in [0.4, 0.5) is 11.5 Å². The third-order valence-electron chi connectivity index (χ3n) is 5.83. The van der Waals surface area contributed by atoms with E-state index in [0.29, 0.717) is 17.2 Å². The summed E-state index contributed by atoms with van der Waals surface area (Å²) >= 11 is 0. The van der Waals surface area contributed by atoms with Crippen molar-refractivity contribution in [3.05, 3.63) is 77.5 Å². The number of rotatable bonds is 7. The summed E-state index contributed by atoms with van der Waals surface area (Å²) in [5.41, 5.74) is 3.89. The van der Waals surface area contributed by atoms with E-state index in [1.165, 1.54) is 0 Å². The number of benzene rings is 2. The van der Waals surface area contributed by atoms with E-state index in [9.17, 15) is 4.79 Å². The summed E-state index contributed by atoms with van der Waals surface area (Å²) in [6, 6.07) is 17.5. The Kier molecular flexibility index (Phi) is 7.25. The van der Waals surface area contributed by atoms with E-state index in [-0.39, 0.29) is 5.91 Å². The number of nitrogens with one attached hydrogen (secondary N) is 1. The summed E-state index contributed by atoms with van der Waals surface area (Å²) in [6.45, 7) is 3.65. The van der Waals surface area contributed by atoms with Crippen molar-refractivity contribution in [3.8, 4) is 11.5 Å². The minimum atomic E-state index is -0.0260. The lowest BCUT2D eigenvalue weighted by atomic mass is 9.92. The molecule has 0 unspecified atom stereocenters. The van der Waals surface area contributed by atoms with Gasteiger partial charge in [-0.3, -0.25) is 4.79 Å². The zero-order chi connectivity index (χ0) is 23.2. The molecule has 1 aromatic heterocycles. The van der Waals surface area contributed by atoms with E-state index in [1.54, 1.807) is 31.1 Å². The van der Waals surface area contributed by atoms with Crippen molar-refractivity contribution in [1.29, 1.82) is 0 Å². The molecule has 4 rings (SSSR count). The van der Waals surface area contributed by atoms with Gasteiger partial charge in [0.2, 0.25) is 0 Å². The third-order valence-corrected chi connectivity index (χ3v) is 5.83. The summed E-state index contributed by atoms with van der Waals surface area (Å²) in [4.78, 5) is 18.2. The zero-order valence-electron chi connectivity index (χ0n) is 19.5. The van der Waals surface area contributed by atoms with E-state index in [2.05, 4.69) is 16.4 Å². The van der Waals surface area contributed by atoms with Crippen LogP contribution < -0.4 is 10.1 Å². The Morgan fingerprint density at radius 2 is 1.85 bits per heavy atom. The molecule has 172 valence electrons. The average molecular weight is 446 g/mol. The molecule has 3 aromatic rings. The molecule has 1 fully saturated rings. The first-order chi connectivity index (χ1) is 16.0. The van der Waals surface area contributed by atoms with Gasteiger partial charge in [0.05, 0.1) is 0 Å². The molecule has 1 amide bonds. The summed E-state index contributed by atoms with van der Waals surface area (Å²) in [5, 5.41) is 3.40. The Labute approximate surface area is 195 Å². The maximum atomic E-state index is 12.2. The summed E-state index contributed by atoms with van der Waals surface area (Å²) in [5.74, 6) is 2.89. The lowest BCUT2D eigenvalue weighted by Gasteiger charge is -2.23. The predicted octanol–water partition coefficient (Wildman–Crippen LogP) is 5.60. The van der Waals surface area contributed by atoms with Crippen molar-refractivity contribution in [2.75, 3.05) is 32.6 Å². The van der Waals surface area contributed by atoms with Crippen molar-refractivity contribution in [2.24, 2.45) is 5.92 Å². The maximum absolute atomic E-state index is 12.2. The lowest BCUT2D eigenvalue weighted by molar-refractivity contribution is 0.0664. The molecule has 2 aromatic carbocycles. The number of amides is 1.